The maximum absolute atomic E-state index is 10.7. The fourth-order valence-corrected chi connectivity index (χ4v) is 5.17. The molecule has 1 aliphatic heterocycles. The summed E-state index contributed by atoms with van der Waals surface area (Å²) in [5, 5.41) is 32.4. The number of aromatic nitrogens is 4. The third-order valence-electron chi connectivity index (χ3n) is 7.02. The van der Waals surface area contributed by atoms with Crippen LogP contribution in [0.15, 0.2) is 42.5 Å². The molecule has 0 unspecified atom stereocenters. The number of carboxylic acids is 1. The molecule has 1 aliphatic rings. The molecule has 1 saturated heterocycles. The molecule has 0 bridgehead atoms. The lowest BCUT2D eigenvalue weighted by molar-refractivity contribution is -0.137. The lowest BCUT2D eigenvalue weighted by Crippen LogP contribution is -2.56. The van der Waals surface area contributed by atoms with Crippen LogP contribution in [0.1, 0.15) is 57.6 Å². The lowest BCUT2D eigenvalue weighted by Gasteiger charge is -2.45. The van der Waals surface area contributed by atoms with E-state index in [1.807, 2.05) is 30.3 Å². The quantitative estimate of drug-likeness (QED) is 0.373. The highest BCUT2D eigenvalue weighted by molar-refractivity contribution is 5.66. The molecule has 3 aromatic rings. The second kappa shape index (κ2) is 12.2. The number of aryl methyl sites for hydroxylation is 1. The van der Waals surface area contributed by atoms with Crippen molar-refractivity contribution in [3.63, 3.8) is 0 Å². The molecule has 1 aromatic heterocycles. The fraction of sp³-hybridized carbons (Fsp3) is 0.500. The average Bonchev–Trinajstić information content (AvgIpc) is 3.33. The molecule has 9 nitrogen and oxygen atoms in total. The van der Waals surface area contributed by atoms with Gasteiger partial charge in [-0.2, -0.15) is 4.80 Å². The third-order valence-corrected chi connectivity index (χ3v) is 7.02. The van der Waals surface area contributed by atoms with Crippen LogP contribution >= 0.6 is 0 Å². The van der Waals surface area contributed by atoms with Crippen LogP contribution in [-0.2, 0) is 17.8 Å². The van der Waals surface area contributed by atoms with Crippen molar-refractivity contribution in [1.29, 1.82) is 0 Å². The van der Waals surface area contributed by atoms with E-state index in [0.29, 0.717) is 43.7 Å². The average molecular weight is 507 g/mol. The second-order valence-corrected chi connectivity index (χ2v) is 10.1. The molecule has 37 heavy (non-hydrogen) atoms. The van der Waals surface area contributed by atoms with E-state index in [1.54, 1.807) is 0 Å². The SMILES string of the molecule is CCCN1C[C@H](C)N(c2cc(O)cc(Cc3ccccc3-c3nnn(CCCCC(=O)O)n3)c2)C[C@H]1C. The molecule has 2 heterocycles. The number of aliphatic carboxylic acids is 1. The molecule has 1 fully saturated rings. The summed E-state index contributed by atoms with van der Waals surface area (Å²) in [4.78, 5) is 17.2. The van der Waals surface area contributed by atoms with Gasteiger partial charge in [-0.1, -0.05) is 31.2 Å². The van der Waals surface area contributed by atoms with E-state index < -0.39 is 5.97 Å². The first kappa shape index (κ1) is 26.6. The zero-order chi connectivity index (χ0) is 26.4. The van der Waals surface area contributed by atoms with Crippen molar-refractivity contribution in [3.8, 4) is 17.1 Å². The van der Waals surface area contributed by atoms with Gasteiger partial charge in [0.15, 0.2) is 0 Å². The van der Waals surface area contributed by atoms with E-state index in [9.17, 15) is 9.90 Å². The van der Waals surface area contributed by atoms with E-state index in [-0.39, 0.29) is 12.2 Å². The van der Waals surface area contributed by atoms with Gasteiger partial charge in [0.05, 0.1) is 6.54 Å². The number of carboxylic acid groups (broad SMARTS) is 1. The van der Waals surface area contributed by atoms with Crippen molar-refractivity contribution in [3.05, 3.63) is 53.6 Å². The molecule has 2 aromatic carbocycles. The number of hydrogen-bond acceptors (Lipinski definition) is 7. The summed E-state index contributed by atoms with van der Waals surface area (Å²) in [6, 6.07) is 14.7. The van der Waals surface area contributed by atoms with Gasteiger partial charge in [-0.3, -0.25) is 9.69 Å². The molecule has 4 rings (SSSR count). The van der Waals surface area contributed by atoms with Crippen LogP contribution in [0.2, 0.25) is 0 Å². The van der Waals surface area contributed by atoms with E-state index >= 15 is 0 Å². The van der Waals surface area contributed by atoms with Crippen molar-refractivity contribution in [2.75, 3.05) is 24.5 Å². The van der Waals surface area contributed by atoms with Gasteiger partial charge in [0, 0.05) is 48.9 Å². The Morgan fingerprint density at radius 2 is 1.86 bits per heavy atom. The highest BCUT2D eigenvalue weighted by Gasteiger charge is 2.29. The summed E-state index contributed by atoms with van der Waals surface area (Å²) in [7, 11) is 0. The van der Waals surface area contributed by atoms with Gasteiger partial charge in [0.1, 0.15) is 5.75 Å². The monoisotopic (exact) mass is 506 g/mol. The first-order valence-corrected chi connectivity index (χ1v) is 13.3. The minimum Gasteiger partial charge on any atom is -0.508 e. The molecule has 2 atom stereocenters. The van der Waals surface area contributed by atoms with Gasteiger partial charge in [0.25, 0.3) is 0 Å². The zero-order valence-corrected chi connectivity index (χ0v) is 22.0. The van der Waals surface area contributed by atoms with Gasteiger partial charge >= 0.3 is 5.97 Å². The molecule has 0 radical (unpaired) electrons. The molecule has 0 saturated carbocycles. The maximum Gasteiger partial charge on any atom is 0.303 e. The molecule has 2 N–H and O–H groups in total. The van der Waals surface area contributed by atoms with Gasteiger partial charge in [-0.15, -0.1) is 10.2 Å². The predicted molar refractivity (Wildman–Crippen MR) is 144 cm³/mol. The minimum absolute atomic E-state index is 0.141. The number of carbonyl (C=O) groups is 1. The number of nitrogens with zero attached hydrogens (tertiary/aromatic N) is 6. The largest absolute Gasteiger partial charge is 0.508 e. The Labute approximate surface area is 218 Å². The Morgan fingerprint density at radius 1 is 1.05 bits per heavy atom. The van der Waals surface area contributed by atoms with Crippen molar-refractivity contribution < 1.29 is 15.0 Å². The highest BCUT2D eigenvalue weighted by atomic mass is 16.4. The number of rotatable bonds is 11. The molecule has 0 amide bonds. The number of anilines is 1. The van der Waals surface area contributed by atoms with Crippen LogP contribution in [0, 0.1) is 0 Å². The Hall–Kier alpha value is -3.46. The number of tetrazole rings is 1. The Balaban J connectivity index is 1.50. The molecule has 0 aliphatic carbocycles. The number of aromatic hydroxyl groups is 1. The molecular formula is C28H38N6O3. The van der Waals surface area contributed by atoms with Crippen LogP contribution in [0.5, 0.6) is 5.75 Å². The lowest BCUT2D eigenvalue weighted by atomic mass is 9.98. The number of piperazine rings is 1. The van der Waals surface area contributed by atoms with Crippen LogP contribution in [0.4, 0.5) is 5.69 Å². The Bertz CT molecular complexity index is 1200. The summed E-state index contributed by atoms with van der Waals surface area (Å²) in [6.07, 6.45) is 3.18. The van der Waals surface area contributed by atoms with Gasteiger partial charge < -0.3 is 15.1 Å². The summed E-state index contributed by atoms with van der Waals surface area (Å²) in [5.74, 6) is 0.0222. The van der Waals surface area contributed by atoms with Crippen molar-refractivity contribution >= 4 is 11.7 Å². The number of phenols is 1. The molecule has 0 spiro atoms. The Kier molecular flexibility index (Phi) is 8.76. The van der Waals surface area contributed by atoms with Crippen LogP contribution in [-0.4, -0.2) is 73.0 Å². The van der Waals surface area contributed by atoms with Crippen molar-refractivity contribution in [1.82, 2.24) is 25.1 Å². The van der Waals surface area contributed by atoms with E-state index in [0.717, 1.165) is 48.4 Å². The summed E-state index contributed by atoms with van der Waals surface area (Å²) in [5.41, 5.74) is 4.03. The number of hydrogen-bond donors (Lipinski definition) is 2. The fourth-order valence-electron chi connectivity index (χ4n) is 5.17. The summed E-state index contributed by atoms with van der Waals surface area (Å²) in [6.45, 7) is 10.3. The van der Waals surface area contributed by atoms with Crippen LogP contribution < -0.4 is 4.90 Å². The topological polar surface area (TPSA) is 108 Å². The minimum atomic E-state index is -0.793. The third kappa shape index (κ3) is 6.85. The number of unbranched alkanes of at least 4 members (excludes halogenated alkanes) is 1. The maximum atomic E-state index is 10.7. The molecule has 9 heteroatoms. The van der Waals surface area contributed by atoms with Gasteiger partial charge in [0.2, 0.25) is 5.82 Å². The van der Waals surface area contributed by atoms with E-state index in [2.05, 4.69) is 58.1 Å². The smallest absolute Gasteiger partial charge is 0.303 e. The molecule has 198 valence electrons. The first-order chi connectivity index (χ1) is 17.8. The first-order valence-electron chi connectivity index (χ1n) is 13.3. The summed E-state index contributed by atoms with van der Waals surface area (Å²) >= 11 is 0. The van der Waals surface area contributed by atoms with Gasteiger partial charge in [-0.05, 0) is 74.5 Å². The summed E-state index contributed by atoms with van der Waals surface area (Å²) < 4.78 is 0. The zero-order valence-electron chi connectivity index (χ0n) is 22.0. The van der Waals surface area contributed by atoms with E-state index in [4.69, 9.17) is 5.11 Å². The number of phenolic OH excluding ortho intramolecular Hbond substituents is 1. The van der Waals surface area contributed by atoms with E-state index in [1.165, 1.54) is 4.80 Å². The highest BCUT2D eigenvalue weighted by Crippen LogP contribution is 2.30. The predicted octanol–water partition coefficient (Wildman–Crippen LogP) is 4.20. The molecular weight excluding hydrogens is 468 g/mol. The van der Waals surface area contributed by atoms with Crippen molar-refractivity contribution in [2.45, 2.75) is 71.5 Å². The van der Waals surface area contributed by atoms with Crippen molar-refractivity contribution in [2.24, 2.45) is 0 Å². The van der Waals surface area contributed by atoms with Gasteiger partial charge in [-0.25, -0.2) is 0 Å². The van der Waals surface area contributed by atoms with Crippen LogP contribution in [0.3, 0.4) is 0 Å². The van der Waals surface area contributed by atoms with Crippen LogP contribution in [0.25, 0.3) is 11.4 Å². The normalized spacial score (nSPS) is 18.3. The second-order valence-electron chi connectivity index (χ2n) is 10.1. The standard InChI is InChI=1S/C28H38N6O3/c1-4-12-32-18-21(3)33(19-20(32)2)24-15-22(16-25(35)17-24)14-23-9-5-6-10-26(23)28-29-31-34(30-28)13-8-7-11-27(36)37/h5-6,9-10,15-17,20-21,35H,4,7-8,11-14,18-19H2,1-3H3,(H,36,37)/t20-,21+/m1/s1. The number of benzene rings is 2. The Morgan fingerprint density at radius 3 is 2.65 bits per heavy atom.